The van der Waals surface area contributed by atoms with Crippen molar-refractivity contribution >= 4 is 133 Å². The van der Waals surface area contributed by atoms with Crippen LogP contribution < -0.4 is 73.0 Å². The summed E-state index contributed by atoms with van der Waals surface area (Å²) >= 11 is 19.2. The second kappa shape index (κ2) is 53.3. The van der Waals surface area contributed by atoms with Crippen LogP contribution in [-0.2, 0) is 9.47 Å². The van der Waals surface area contributed by atoms with Crippen molar-refractivity contribution in [1.82, 2.24) is 55.0 Å². The largest absolute Gasteiger partial charge is 0.492 e. The quantitative estimate of drug-likeness (QED) is 0.0204. The standard InChI is InChI=1S/C21H25ClN4O3S.C21H26N4O3S.C19H23ClN4O2S.C19H24N4O2S.4C4H10/c1-13(2)23-21-25-16(12-30-21)15-11-17(27)14-3-4-18(19(22)20(14)24-15)29-10-7-26-5-8-28-9-6-26;1-14(2)22-21-24-19(13-29-21)18-12-20(26)16-4-3-15(11-17(16)23-18)28-10-7-25-5-8-27-9-6-25;1-10(2)22-18-24-13(8-27-18)12-7-14(25)11-5-6-15(16(20)17(11)23-12)26-9-19(3,4)21;1-4-20-7-8-25-13-5-6-14-15(9-13)22-16(10-18(14)24)17-11-26-19(23-17)21-12(2)3;4*1-4(2)3/h3-4,11-13H,5-10H2,1-2H3,(H,23,25)(H,24,27);3-4,11-14H,5-10H2,1-2H3,(H,22,24)(H,23,26);5-8,10H,9,21H2,1-4H3,(H,22,24)(H,23,25);5-6,9-12,20H,4,7-8H2,1-3H3,(H,21,23)(H,22,24);4*4H,1-3H3. The Morgan fingerprint density at radius 2 is 0.719 bits per heavy atom. The van der Waals surface area contributed by atoms with Crippen LogP contribution in [0.1, 0.15) is 159 Å². The number of thiazole rings is 4. The molecule has 11 N–H and O–H groups in total. The summed E-state index contributed by atoms with van der Waals surface area (Å²) in [7, 11) is 0. The fraction of sp³-hybridized carbons (Fsp3) is 0.500. The Hall–Kier alpha value is -9.02. The van der Waals surface area contributed by atoms with E-state index in [4.69, 9.17) is 57.4 Å². The van der Waals surface area contributed by atoms with E-state index >= 15 is 0 Å². The Balaban J connectivity index is 0.000000221. The number of anilines is 4. The Kier molecular flexibility index (Phi) is 44.2. The predicted octanol–water partition coefficient (Wildman–Crippen LogP) is 21.4. The molecule has 14 rings (SSSR count). The molecular weight excluding hydrogens is 1740 g/mol. The van der Waals surface area contributed by atoms with Crippen molar-refractivity contribution in [2.45, 2.75) is 189 Å². The number of nitrogens with one attached hydrogen (secondary N) is 9. The van der Waals surface area contributed by atoms with Gasteiger partial charge in [0.25, 0.3) is 0 Å². The molecule has 10 heterocycles. The van der Waals surface area contributed by atoms with E-state index in [2.05, 4.69) is 208 Å². The maximum Gasteiger partial charge on any atom is 0.190 e. The van der Waals surface area contributed by atoms with Gasteiger partial charge < -0.3 is 80.7 Å². The molecule has 4 aromatic carbocycles. The van der Waals surface area contributed by atoms with Crippen molar-refractivity contribution in [3.63, 3.8) is 0 Å². The van der Waals surface area contributed by atoms with Gasteiger partial charge in [-0.05, 0) is 148 Å². The molecular formula is C96H138Cl2N16O10S4. The summed E-state index contributed by atoms with van der Waals surface area (Å²) in [5.74, 6) is 5.87. The van der Waals surface area contributed by atoms with Crippen molar-refractivity contribution in [2.24, 2.45) is 29.4 Å². The molecule has 0 spiro atoms. The van der Waals surface area contributed by atoms with E-state index in [1.165, 1.54) is 51.4 Å². The summed E-state index contributed by atoms with van der Waals surface area (Å²) in [6.07, 6.45) is 0. The average molecular weight is 1880 g/mol. The minimum atomic E-state index is -0.492. The van der Waals surface area contributed by atoms with Crippen LogP contribution in [0.5, 0.6) is 23.0 Å². The molecule has 2 saturated heterocycles. The molecule has 2 fully saturated rings. The van der Waals surface area contributed by atoms with E-state index in [0.717, 1.165) is 157 Å². The van der Waals surface area contributed by atoms with Crippen LogP contribution in [0.3, 0.4) is 0 Å². The zero-order valence-corrected chi connectivity index (χ0v) is 83.8. The number of fused-ring (bicyclic) bond motifs is 4. The second-order valence-corrected chi connectivity index (χ2v) is 39.8. The third-order valence-electron chi connectivity index (χ3n) is 17.1. The van der Waals surface area contributed by atoms with E-state index in [1.807, 2.05) is 79.5 Å². The molecule has 0 aliphatic carbocycles. The van der Waals surface area contributed by atoms with Crippen molar-refractivity contribution in [2.75, 3.05) is 126 Å². The van der Waals surface area contributed by atoms with Crippen molar-refractivity contribution in [3.8, 4) is 68.5 Å². The number of aromatic nitrogens is 8. The van der Waals surface area contributed by atoms with Gasteiger partial charge in [-0.3, -0.25) is 29.0 Å². The van der Waals surface area contributed by atoms with Crippen LogP contribution in [0, 0.1) is 23.7 Å². The molecule has 2 aliphatic heterocycles. The van der Waals surface area contributed by atoms with E-state index in [0.29, 0.717) is 127 Å². The molecule has 0 atom stereocenters. The first-order valence-electron chi connectivity index (χ1n) is 44.3. The molecule has 26 nitrogen and oxygen atoms in total. The molecule has 128 heavy (non-hydrogen) atoms. The summed E-state index contributed by atoms with van der Waals surface area (Å²) in [5, 5.41) is 30.4. The Morgan fingerprint density at radius 3 is 1.04 bits per heavy atom. The molecule has 32 heteroatoms. The average Bonchev–Trinajstić information content (AvgIpc) is 1.32. The fourth-order valence-electron chi connectivity index (χ4n) is 11.7. The summed E-state index contributed by atoms with van der Waals surface area (Å²) in [4.78, 5) is 86.3. The lowest BCUT2D eigenvalue weighted by Gasteiger charge is -2.26. The van der Waals surface area contributed by atoms with Gasteiger partial charge in [-0.2, -0.15) is 0 Å². The van der Waals surface area contributed by atoms with E-state index < -0.39 is 5.54 Å². The van der Waals surface area contributed by atoms with Gasteiger partial charge in [0, 0.05) is 155 Å². The number of morpholine rings is 2. The first-order chi connectivity index (χ1) is 60.7. The number of benzene rings is 4. The third kappa shape index (κ3) is 36.7. The third-order valence-corrected chi connectivity index (χ3v) is 21.0. The van der Waals surface area contributed by atoms with Crippen LogP contribution in [0.2, 0.25) is 10.0 Å². The van der Waals surface area contributed by atoms with Gasteiger partial charge in [0.2, 0.25) is 0 Å². The highest BCUT2D eigenvalue weighted by Gasteiger charge is 2.21. The molecule has 8 aromatic heterocycles. The zero-order valence-electron chi connectivity index (χ0n) is 79.1. The number of nitrogens with zero attached hydrogens (tertiary/aromatic N) is 6. The van der Waals surface area contributed by atoms with Crippen molar-refractivity contribution in [1.29, 1.82) is 0 Å². The minimum absolute atomic E-state index is 0.0278. The van der Waals surface area contributed by atoms with Gasteiger partial charge >= 0.3 is 0 Å². The SMILES string of the molecule is CC(C)C.CC(C)C.CC(C)C.CC(C)C.CC(C)Nc1nc(-c2cc(=O)c3ccc(OCC(C)(C)N)c(Cl)c3[nH]2)cs1.CC(C)Nc1nc(-c2cc(=O)c3ccc(OCCN4CCOCC4)c(Cl)c3[nH]2)cs1.CC(C)Nc1nc(-c2cc(=O)c3ccc(OCCN4CCOCC4)cc3[nH]2)cs1.CCNCCOc1ccc2c(=O)cc(-c3csc(NC(C)C)n3)[nH]c2c1. The van der Waals surface area contributed by atoms with Gasteiger partial charge in [0.1, 0.15) is 59.5 Å². The van der Waals surface area contributed by atoms with Gasteiger partial charge in [0.05, 0.1) is 94.0 Å². The lowest BCUT2D eigenvalue weighted by Crippen LogP contribution is -2.38. The fourth-order valence-corrected chi connectivity index (χ4v) is 15.7. The maximum atomic E-state index is 12.7. The molecule has 700 valence electrons. The highest BCUT2D eigenvalue weighted by molar-refractivity contribution is 7.15. The molecule has 0 saturated carbocycles. The molecule has 0 bridgehead atoms. The topological polar surface area (TPSA) is 331 Å². The molecule has 12 aromatic rings. The normalized spacial score (nSPS) is 12.9. The molecule has 0 unspecified atom stereocenters. The Morgan fingerprint density at radius 1 is 0.422 bits per heavy atom. The molecule has 0 radical (unpaired) electrons. The van der Waals surface area contributed by atoms with Crippen LogP contribution in [0.4, 0.5) is 20.5 Å². The second-order valence-electron chi connectivity index (χ2n) is 35.6. The summed E-state index contributed by atoms with van der Waals surface area (Å²) in [5.41, 5.74) is 13.4. The van der Waals surface area contributed by atoms with Gasteiger partial charge in [-0.1, -0.05) is 113 Å². The molecule has 0 amide bonds. The van der Waals surface area contributed by atoms with Gasteiger partial charge in [0.15, 0.2) is 42.2 Å². The maximum absolute atomic E-state index is 12.7. The monoisotopic (exact) mass is 1870 g/mol. The highest BCUT2D eigenvalue weighted by atomic mass is 35.5. The Labute approximate surface area is 781 Å². The van der Waals surface area contributed by atoms with Crippen LogP contribution in [-0.4, -0.2) is 185 Å². The van der Waals surface area contributed by atoms with Crippen molar-refractivity contribution < 1.29 is 28.4 Å². The highest BCUT2D eigenvalue weighted by Crippen LogP contribution is 2.36. The number of hydrogen-bond acceptors (Lipinski definition) is 26. The van der Waals surface area contributed by atoms with Gasteiger partial charge in [-0.15, -0.1) is 45.3 Å². The van der Waals surface area contributed by atoms with Gasteiger partial charge in [-0.25, -0.2) is 19.9 Å². The van der Waals surface area contributed by atoms with Crippen molar-refractivity contribution in [3.05, 3.63) is 157 Å². The van der Waals surface area contributed by atoms with Crippen LogP contribution in [0.15, 0.2) is 126 Å². The Bertz CT molecular complexity index is 5570. The number of hydrogen-bond donors (Lipinski definition) is 10. The van der Waals surface area contributed by atoms with E-state index in [9.17, 15) is 19.2 Å². The number of ether oxygens (including phenoxy) is 6. The summed E-state index contributed by atoms with van der Waals surface area (Å²) in [6, 6.07) is 25.4. The first kappa shape index (κ1) is 106. The molecule has 2 aliphatic rings. The number of pyridine rings is 4. The number of rotatable bonds is 28. The first-order valence-corrected chi connectivity index (χ1v) is 48.6. The summed E-state index contributed by atoms with van der Waals surface area (Å²) in [6.45, 7) is 60.4. The minimum Gasteiger partial charge on any atom is -0.492 e. The number of halogens is 2. The van der Waals surface area contributed by atoms with Crippen LogP contribution >= 0.6 is 68.5 Å². The summed E-state index contributed by atoms with van der Waals surface area (Å²) < 4.78 is 34.1. The van der Waals surface area contributed by atoms with E-state index in [1.54, 1.807) is 48.5 Å². The smallest absolute Gasteiger partial charge is 0.190 e. The number of aromatic amines is 4. The lowest BCUT2D eigenvalue weighted by atomic mass is 10.1. The number of likely N-dealkylation sites (N-methyl/N-ethyl adjacent to an activating group) is 1. The zero-order chi connectivity index (χ0) is 93.9. The van der Waals surface area contributed by atoms with E-state index in [-0.39, 0.29) is 33.8 Å². The van der Waals surface area contributed by atoms with Crippen LogP contribution in [0.25, 0.3) is 89.2 Å². The lowest BCUT2D eigenvalue weighted by molar-refractivity contribution is 0.0322. The predicted molar refractivity (Wildman–Crippen MR) is 543 cm³/mol. The number of nitrogens with two attached hydrogens (primary N) is 1. The number of H-pyrrole nitrogens is 4.